The lowest BCUT2D eigenvalue weighted by Crippen LogP contribution is -2.38. The van der Waals surface area contributed by atoms with Gasteiger partial charge in [0.25, 0.3) is 0 Å². The fourth-order valence-electron chi connectivity index (χ4n) is 2.90. The van der Waals surface area contributed by atoms with E-state index in [0.29, 0.717) is 12.5 Å². The first kappa shape index (κ1) is 14.3. The summed E-state index contributed by atoms with van der Waals surface area (Å²) >= 11 is 0. The number of anilines is 1. The molecule has 1 aromatic carbocycles. The Morgan fingerprint density at radius 3 is 2.67 bits per heavy atom. The Bertz CT molecular complexity index is 601. The molecule has 2 N–H and O–H groups in total. The monoisotopic (exact) mass is 302 g/mol. The van der Waals surface area contributed by atoms with Gasteiger partial charge < -0.3 is 10.6 Å². The van der Waals surface area contributed by atoms with E-state index in [0.717, 1.165) is 18.6 Å². The molecule has 1 saturated heterocycles. The molecule has 3 nitrogen and oxygen atoms in total. The van der Waals surface area contributed by atoms with E-state index in [9.17, 15) is 22.4 Å². The molecule has 1 amide bonds. The fourth-order valence-corrected chi connectivity index (χ4v) is 2.90. The second-order valence-electron chi connectivity index (χ2n) is 5.99. The molecular formula is C14H14F4N2O. The molecule has 2 aliphatic rings. The molecule has 3 rings (SSSR count). The number of nitrogens with one attached hydrogen (secondary N) is 2. The first-order valence-corrected chi connectivity index (χ1v) is 6.63. The molecule has 7 heteroatoms. The average Bonchev–Trinajstić information content (AvgIpc) is 2.88. The molecule has 1 heterocycles. The van der Waals surface area contributed by atoms with E-state index in [-0.39, 0.29) is 11.5 Å². The summed E-state index contributed by atoms with van der Waals surface area (Å²) in [6, 6.07) is 2.64. The van der Waals surface area contributed by atoms with Crippen LogP contribution in [0.2, 0.25) is 0 Å². The third-order valence-corrected chi connectivity index (χ3v) is 4.30. The van der Waals surface area contributed by atoms with Crippen LogP contribution in [0.5, 0.6) is 0 Å². The van der Waals surface area contributed by atoms with Gasteiger partial charge >= 0.3 is 6.18 Å². The number of hydrogen-bond acceptors (Lipinski definition) is 2. The van der Waals surface area contributed by atoms with Crippen molar-refractivity contribution >= 4 is 11.6 Å². The predicted molar refractivity (Wildman–Crippen MR) is 68.1 cm³/mol. The molecule has 1 aliphatic carbocycles. The smallest absolute Gasteiger partial charge is 0.322 e. The van der Waals surface area contributed by atoms with Gasteiger partial charge in [-0.3, -0.25) is 4.79 Å². The third-order valence-electron chi connectivity index (χ3n) is 4.30. The summed E-state index contributed by atoms with van der Waals surface area (Å²) in [5.41, 5.74) is -1.73. The quantitative estimate of drug-likeness (QED) is 0.825. The van der Waals surface area contributed by atoms with Gasteiger partial charge in [0.15, 0.2) is 5.82 Å². The Balaban J connectivity index is 1.75. The SMILES string of the molecule is CC12CC(C(=O)Nc3cccc(C(F)(F)F)c3F)NC1C2. The summed E-state index contributed by atoms with van der Waals surface area (Å²) in [5, 5.41) is 5.34. The first-order valence-electron chi connectivity index (χ1n) is 6.63. The average molecular weight is 302 g/mol. The number of carbonyl (C=O) groups is 1. The number of halogens is 4. The van der Waals surface area contributed by atoms with Crippen molar-refractivity contribution in [2.75, 3.05) is 5.32 Å². The molecular weight excluding hydrogens is 288 g/mol. The van der Waals surface area contributed by atoms with E-state index in [2.05, 4.69) is 10.6 Å². The van der Waals surface area contributed by atoms with Crippen molar-refractivity contribution in [3.8, 4) is 0 Å². The number of piperidine rings is 1. The second kappa shape index (κ2) is 4.43. The Morgan fingerprint density at radius 1 is 1.38 bits per heavy atom. The third kappa shape index (κ3) is 2.50. The number of fused-ring (bicyclic) bond motifs is 1. The number of benzene rings is 1. The van der Waals surface area contributed by atoms with Crippen LogP contribution in [0.15, 0.2) is 18.2 Å². The molecule has 0 bridgehead atoms. The van der Waals surface area contributed by atoms with Crippen molar-refractivity contribution in [3.63, 3.8) is 0 Å². The van der Waals surface area contributed by atoms with Crippen LogP contribution in [0, 0.1) is 11.2 Å². The van der Waals surface area contributed by atoms with Crippen LogP contribution in [0.1, 0.15) is 25.3 Å². The minimum Gasteiger partial charge on any atom is -0.322 e. The minimum absolute atomic E-state index is 0.0916. The van der Waals surface area contributed by atoms with E-state index in [1.807, 2.05) is 6.92 Å². The molecule has 0 radical (unpaired) electrons. The van der Waals surface area contributed by atoms with Crippen LogP contribution in [0.4, 0.5) is 23.2 Å². The van der Waals surface area contributed by atoms with E-state index in [4.69, 9.17) is 0 Å². The predicted octanol–water partition coefficient (Wildman–Crippen LogP) is 2.92. The topological polar surface area (TPSA) is 41.1 Å². The van der Waals surface area contributed by atoms with Crippen LogP contribution in [-0.2, 0) is 11.0 Å². The standard InChI is InChI=1S/C14H14F4N2O/c1-13-5-9(19-10(13)6-13)12(21)20-8-4-2-3-7(11(8)15)14(16,17)18/h2-4,9-10,19H,5-6H2,1H3,(H,20,21). The maximum Gasteiger partial charge on any atom is 0.419 e. The highest BCUT2D eigenvalue weighted by Crippen LogP contribution is 2.54. The summed E-state index contributed by atoms with van der Waals surface area (Å²) in [7, 11) is 0. The van der Waals surface area contributed by atoms with Crippen LogP contribution < -0.4 is 10.6 Å². The highest BCUT2D eigenvalue weighted by molar-refractivity contribution is 5.95. The Morgan fingerprint density at radius 2 is 2.10 bits per heavy atom. The van der Waals surface area contributed by atoms with Crippen molar-refractivity contribution in [1.82, 2.24) is 5.32 Å². The molecule has 1 aromatic rings. The number of carbonyl (C=O) groups excluding carboxylic acids is 1. The van der Waals surface area contributed by atoms with Gasteiger partial charge in [-0.1, -0.05) is 13.0 Å². The van der Waals surface area contributed by atoms with Gasteiger partial charge in [0.05, 0.1) is 17.3 Å². The van der Waals surface area contributed by atoms with Crippen molar-refractivity contribution in [1.29, 1.82) is 0 Å². The van der Waals surface area contributed by atoms with E-state index >= 15 is 0 Å². The molecule has 3 unspecified atom stereocenters. The van der Waals surface area contributed by atoms with E-state index in [1.54, 1.807) is 0 Å². The molecule has 1 aliphatic heterocycles. The number of rotatable bonds is 2. The molecule has 0 aromatic heterocycles. The zero-order valence-corrected chi connectivity index (χ0v) is 11.2. The zero-order valence-electron chi connectivity index (χ0n) is 11.2. The van der Waals surface area contributed by atoms with Gasteiger partial charge in [0, 0.05) is 6.04 Å². The zero-order chi connectivity index (χ0) is 15.4. The molecule has 3 atom stereocenters. The van der Waals surface area contributed by atoms with Crippen molar-refractivity contribution in [2.45, 2.75) is 38.0 Å². The number of alkyl halides is 3. The lowest BCUT2D eigenvalue weighted by molar-refractivity contribution is -0.140. The highest BCUT2D eigenvalue weighted by atomic mass is 19.4. The molecule has 114 valence electrons. The molecule has 2 fully saturated rings. The van der Waals surface area contributed by atoms with Gasteiger partial charge in [-0.2, -0.15) is 13.2 Å². The van der Waals surface area contributed by atoms with Gasteiger partial charge in [-0.15, -0.1) is 0 Å². The van der Waals surface area contributed by atoms with E-state index in [1.165, 1.54) is 0 Å². The van der Waals surface area contributed by atoms with Crippen LogP contribution in [0.3, 0.4) is 0 Å². The highest BCUT2D eigenvalue weighted by Gasteiger charge is 2.58. The second-order valence-corrected chi connectivity index (χ2v) is 5.99. The van der Waals surface area contributed by atoms with Crippen LogP contribution >= 0.6 is 0 Å². The fraction of sp³-hybridized carbons (Fsp3) is 0.500. The van der Waals surface area contributed by atoms with E-state index < -0.39 is 35.2 Å². The summed E-state index contributed by atoms with van der Waals surface area (Å²) in [6.07, 6.45) is -3.18. The van der Waals surface area contributed by atoms with Crippen molar-refractivity contribution in [2.24, 2.45) is 5.41 Å². The first-order chi connectivity index (χ1) is 9.71. The normalized spacial score (nSPS) is 30.9. The lowest BCUT2D eigenvalue weighted by atomic mass is 10.0. The van der Waals surface area contributed by atoms with Gasteiger partial charge in [-0.05, 0) is 30.4 Å². The maximum absolute atomic E-state index is 13.8. The summed E-state index contributed by atoms with van der Waals surface area (Å²) in [4.78, 5) is 12.0. The Hall–Kier alpha value is -1.63. The van der Waals surface area contributed by atoms with Gasteiger partial charge in [0.2, 0.25) is 5.91 Å². The summed E-state index contributed by atoms with van der Waals surface area (Å²) in [5.74, 6) is -1.95. The van der Waals surface area contributed by atoms with Crippen LogP contribution in [0.25, 0.3) is 0 Å². The van der Waals surface area contributed by atoms with Gasteiger partial charge in [-0.25, -0.2) is 4.39 Å². The lowest BCUT2D eigenvalue weighted by Gasteiger charge is -2.16. The number of hydrogen-bond donors (Lipinski definition) is 2. The summed E-state index contributed by atoms with van der Waals surface area (Å²) < 4.78 is 51.6. The molecule has 21 heavy (non-hydrogen) atoms. The van der Waals surface area contributed by atoms with Crippen LogP contribution in [-0.4, -0.2) is 18.0 Å². The maximum atomic E-state index is 13.8. The van der Waals surface area contributed by atoms with Gasteiger partial charge in [0.1, 0.15) is 0 Å². The van der Waals surface area contributed by atoms with Crippen molar-refractivity contribution < 1.29 is 22.4 Å². The minimum atomic E-state index is -4.79. The summed E-state index contributed by atoms with van der Waals surface area (Å²) in [6.45, 7) is 2.04. The molecule has 1 saturated carbocycles. The largest absolute Gasteiger partial charge is 0.419 e. The number of amides is 1. The molecule has 0 spiro atoms. The Labute approximate surface area is 118 Å². The van der Waals surface area contributed by atoms with Crippen molar-refractivity contribution in [3.05, 3.63) is 29.6 Å². The Kier molecular flexibility index (Phi) is 3.02.